The number of hydrogen-bond donors (Lipinski definition) is 0. The molecule has 3 fully saturated rings. The zero-order chi connectivity index (χ0) is 20.9. The first-order valence-corrected chi connectivity index (χ1v) is 11.4. The Balaban J connectivity index is 1.28. The van der Waals surface area contributed by atoms with Crippen LogP contribution in [0.2, 0.25) is 0 Å². The topological polar surface area (TPSA) is 44.8 Å². The Morgan fingerprint density at radius 2 is 1.45 bits per heavy atom. The van der Waals surface area contributed by atoms with Crippen molar-refractivity contribution in [1.29, 1.82) is 0 Å². The summed E-state index contributed by atoms with van der Waals surface area (Å²) in [5, 5.41) is 0. The van der Waals surface area contributed by atoms with Gasteiger partial charge in [-0.2, -0.15) is 13.2 Å². The molecule has 0 radical (unpaired) electrons. The third-order valence-corrected chi connectivity index (χ3v) is 7.24. The van der Waals surface area contributed by atoms with Gasteiger partial charge in [-0.1, -0.05) is 26.2 Å². The van der Waals surface area contributed by atoms with Crippen molar-refractivity contribution in [2.45, 2.75) is 96.1 Å². The average molecular weight is 421 g/mol. The van der Waals surface area contributed by atoms with Crippen LogP contribution in [0.5, 0.6) is 0 Å². The Labute approximate surface area is 171 Å². The quantitative estimate of drug-likeness (QED) is 0.522. The van der Waals surface area contributed by atoms with Gasteiger partial charge in [-0.3, -0.25) is 0 Å². The van der Waals surface area contributed by atoms with E-state index in [1.165, 1.54) is 32.1 Å². The number of hydrogen-bond acceptors (Lipinski definition) is 4. The number of esters is 1. The number of halogens is 3. The van der Waals surface area contributed by atoms with Gasteiger partial charge < -0.3 is 14.2 Å². The van der Waals surface area contributed by atoms with Gasteiger partial charge in [-0.25, -0.2) is 4.79 Å². The van der Waals surface area contributed by atoms with Crippen LogP contribution in [0.4, 0.5) is 13.2 Å². The molecule has 0 amide bonds. The maximum Gasteiger partial charge on any atom is 0.490 e. The highest BCUT2D eigenvalue weighted by Gasteiger charge is 2.42. The van der Waals surface area contributed by atoms with Gasteiger partial charge in [0.05, 0.1) is 13.2 Å². The maximum absolute atomic E-state index is 12.3. The average Bonchev–Trinajstić information content (AvgIpc) is 2.73. The first kappa shape index (κ1) is 22.9. The molecule has 1 saturated heterocycles. The zero-order valence-electron chi connectivity index (χ0n) is 17.4. The Kier molecular flexibility index (Phi) is 8.25. The SMILES string of the molecule is CCC1CCC(C2COC(CCC3CCC(OC(=O)C(F)(F)F)CC3)OC2)CC1. The van der Waals surface area contributed by atoms with Crippen LogP contribution < -0.4 is 0 Å². The van der Waals surface area contributed by atoms with Gasteiger partial charge in [0, 0.05) is 5.92 Å². The predicted molar refractivity (Wildman–Crippen MR) is 102 cm³/mol. The Bertz CT molecular complexity index is 501. The van der Waals surface area contributed by atoms with E-state index < -0.39 is 18.2 Å². The van der Waals surface area contributed by atoms with Crippen LogP contribution >= 0.6 is 0 Å². The summed E-state index contributed by atoms with van der Waals surface area (Å²) in [4.78, 5) is 10.9. The normalized spacial score (nSPS) is 36.6. The van der Waals surface area contributed by atoms with Crippen molar-refractivity contribution in [3.63, 3.8) is 0 Å². The third kappa shape index (κ3) is 6.84. The summed E-state index contributed by atoms with van der Waals surface area (Å²) in [6.45, 7) is 3.85. The summed E-state index contributed by atoms with van der Waals surface area (Å²) in [5.74, 6) is 0.514. The van der Waals surface area contributed by atoms with E-state index in [9.17, 15) is 18.0 Å². The van der Waals surface area contributed by atoms with Crippen molar-refractivity contribution in [3.8, 4) is 0 Å². The molecule has 0 N–H and O–H groups in total. The first-order valence-electron chi connectivity index (χ1n) is 11.4. The fourth-order valence-corrected chi connectivity index (χ4v) is 5.19. The van der Waals surface area contributed by atoms with Crippen molar-refractivity contribution in [2.75, 3.05) is 13.2 Å². The summed E-state index contributed by atoms with van der Waals surface area (Å²) in [5.41, 5.74) is 0. The van der Waals surface area contributed by atoms with Gasteiger partial charge in [0.25, 0.3) is 0 Å². The van der Waals surface area contributed by atoms with Crippen LogP contribution in [0, 0.1) is 23.7 Å². The molecule has 4 nitrogen and oxygen atoms in total. The summed E-state index contributed by atoms with van der Waals surface area (Å²) in [6, 6.07) is 0. The van der Waals surface area contributed by atoms with E-state index in [1.807, 2.05) is 0 Å². The van der Waals surface area contributed by atoms with Crippen molar-refractivity contribution in [1.82, 2.24) is 0 Å². The minimum atomic E-state index is -4.90. The molecule has 168 valence electrons. The molecule has 1 heterocycles. The largest absolute Gasteiger partial charge is 0.490 e. The summed E-state index contributed by atoms with van der Waals surface area (Å²) >= 11 is 0. The smallest absolute Gasteiger partial charge is 0.456 e. The van der Waals surface area contributed by atoms with E-state index in [2.05, 4.69) is 11.7 Å². The minimum Gasteiger partial charge on any atom is -0.456 e. The molecule has 1 aliphatic heterocycles. The molecule has 0 aromatic heterocycles. The number of rotatable bonds is 6. The molecular formula is C22H35F3O4. The van der Waals surface area contributed by atoms with Gasteiger partial charge in [0.15, 0.2) is 6.29 Å². The molecule has 29 heavy (non-hydrogen) atoms. The molecule has 0 atom stereocenters. The molecule has 3 rings (SSSR count). The molecule has 0 spiro atoms. The molecule has 0 unspecified atom stereocenters. The molecule has 2 saturated carbocycles. The monoisotopic (exact) mass is 420 g/mol. The van der Waals surface area contributed by atoms with Crippen molar-refractivity contribution in [2.24, 2.45) is 23.7 Å². The summed E-state index contributed by atoms with van der Waals surface area (Å²) in [6.07, 6.45) is 5.23. The highest BCUT2D eigenvalue weighted by molar-refractivity contribution is 5.75. The van der Waals surface area contributed by atoms with Crippen LogP contribution in [0.3, 0.4) is 0 Å². The molecular weight excluding hydrogens is 385 g/mol. The molecule has 3 aliphatic rings. The van der Waals surface area contributed by atoms with Crippen LogP contribution in [0.15, 0.2) is 0 Å². The van der Waals surface area contributed by atoms with Gasteiger partial charge in [-0.05, 0) is 69.1 Å². The van der Waals surface area contributed by atoms with Crippen molar-refractivity contribution >= 4 is 5.97 Å². The number of ether oxygens (including phenoxy) is 3. The second-order valence-electron chi connectivity index (χ2n) is 9.17. The maximum atomic E-state index is 12.3. The lowest BCUT2D eigenvalue weighted by molar-refractivity contribution is -0.214. The van der Waals surface area contributed by atoms with E-state index in [1.54, 1.807) is 0 Å². The van der Waals surface area contributed by atoms with Gasteiger partial charge >= 0.3 is 12.1 Å². The third-order valence-electron chi connectivity index (χ3n) is 7.24. The fourth-order valence-electron chi connectivity index (χ4n) is 5.19. The lowest BCUT2D eigenvalue weighted by Crippen LogP contribution is -2.37. The van der Waals surface area contributed by atoms with E-state index >= 15 is 0 Å². The van der Waals surface area contributed by atoms with Crippen LogP contribution in [-0.2, 0) is 19.0 Å². The molecule has 2 aliphatic carbocycles. The Morgan fingerprint density at radius 3 is 2.00 bits per heavy atom. The molecule has 7 heteroatoms. The van der Waals surface area contributed by atoms with Gasteiger partial charge in [-0.15, -0.1) is 0 Å². The van der Waals surface area contributed by atoms with E-state index in [-0.39, 0.29) is 6.29 Å². The van der Waals surface area contributed by atoms with E-state index in [0.717, 1.165) is 50.7 Å². The standard InChI is InChI=1S/C22H35F3O4/c1-2-15-3-8-17(9-4-15)18-13-27-20(28-14-18)12-7-16-5-10-19(11-6-16)29-21(26)22(23,24)25/h15-20H,2-14H2,1H3. The van der Waals surface area contributed by atoms with Crippen LogP contribution in [0.1, 0.15) is 77.6 Å². The highest BCUT2D eigenvalue weighted by atomic mass is 19.4. The van der Waals surface area contributed by atoms with Crippen LogP contribution in [-0.4, -0.2) is 37.8 Å². The number of carbonyl (C=O) groups is 1. The highest BCUT2D eigenvalue weighted by Crippen LogP contribution is 2.37. The van der Waals surface area contributed by atoms with E-state index in [0.29, 0.717) is 24.7 Å². The van der Waals surface area contributed by atoms with Gasteiger partial charge in [0.2, 0.25) is 0 Å². The van der Waals surface area contributed by atoms with Crippen molar-refractivity contribution < 1.29 is 32.2 Å². The lowest BCUT2D eigenvalue weighted by atomic mass is 9.75. The molecule has 0 bridgehead atoms. The minimum absolute atomic E-state index is 0.154. The molecule has 0 aromatic rings. The second kappa shape index (κ2) is 10.5. The van der Waals surface area contributed by atoms with Gasteiger partial charge in [0.1, 0.15) is 6.10 Å². The summed E-state index contributed by atoms with van der Waals surface area (Å²) in [7, 11) is 0. The molecule has 0 aromatic carbocycles. The first-order chi connectivity index (χ1) is 13.8. The number of carbonyl (C=O) groups excluding carboxylic acids is 1. The fraction of sp³-hybridized carbons (Fsp3) is 0.955. The predicted octanol–water partition coefficient (Wildman–Crippen LogP) is 5.64. The van der Waals surface area contributed by atoms with E-state index in [4.69, 9.17) is 9.47 Å². The second-order valence-corrected chi connectivity index (χ2v) is 9.17. The lowest BCUT2D eigenvalue weighted by Gasteiger charge is -2.38. The zero-order valence-corrected chi connectivity index (χ0v) is 17.4. The van der Waals surface area contributed by atoms with Crippen molar-refractivity contribution in [3.05, 3.63) is 0 Å². The number of alkyl halides is 3. The van der Waals surface area contributed by atoms with Crippen LogP contribution in [0.25, 0.3) is 0 Å². The Morgan fingerprint density at radius 1 is 0.862 bits per heavy atom. The summed E-state index contributed by atoms with van der Waals surface area (Å²) < 4.78 is 53.4. The Hall–Kier alpha value is -0.820.